The lowest BCUT2D eigenvalue weighted by Crippen LogP contribution is -2.03. The van der Waals surface area contributed by atoms with Crippen molar-refractivity contribution in [2.45, 2.75) is 0 Å². The van der Waals surface area contributed by atoms with E-state index in [1.165, 1.54) is 0 Å². The van der Waals surface area contributed by atoms with Gasteiger partial charge in [-0.2, -0.15) is 5.11 Å². The third-order valence-electron chi connectivity index (χ3n) is 0.614. The normalized spacial score (nSPS) is 18.9. The van der Waals surface area contributed by atoms with Crippen LogP contribution in [0.4, 0.5) is 0 Å². The number of rotatable bonds is 0. The van der Waals surface area contributed by atoms with Crippen molar-refractivity contribution in [3.05, 3.63) is 0 Å². The van der Waals surface area contributed by atoms with E-state index in [1.54, 1.807) is 0 Å². The maximum absolute atomic E-state index is 10.2. The van der Waals surface area contributed by atoms with E-state index in [1.807, 2.05) is 0 Å². The van der Waals surface area contributed by atoms with Crippen molar-refractivity contribution >= 4 is 23.0 Å². The van der Waals surface area contributed by atoms with Gasteiger partial charge in [-0.05, 0) is 0 Å². The summed E-state index contributed by atoms with van der Waals surface area (Å²) < 4.78 is 0. The van der Waals surface area contributed by atoms with E-state index < -0.39 is 0 Å². The Kier molecular flexibility index (Phi) is 0.941. The Morgan fingerprint density at radius 2 is 2.43 bits per heavy atom. The summed E-state index contributed by atoms with van der Waals surface area (Å²) in [5, 5.41) is 6.54. The van der Waals surface area contributed by atoms with Crippen LogP contribution in [-0.2, 0) is 4.79 Å². The van der Waals surface area contributed by atoms with Gasteiger partial charge in [0.1, 0.15) is 11.4 Å². The molecule has 0 N–H and O–H groups in total. The highest BCUT2D eigenvalue weighted by molar-refractivity contribution is 7.82. The first-order valence-electron chi connectivity index (χ1n) is 1.75. The number of nitrogens with zero attached hydrogens (tertiary/aromatic N) is 2. The van der Waals surface area contributed by atoms with Crippen molar-refractivity contribution < 1.29 is 4.79 Å². The Hall–Kier alpha value is -0.640. The van der Waals surface area contributed by atoms with Crippen LogP contribution in [0.25, 0.3) is 0 Å². The van der Waals surface area contributed by atoms with E-state index in [2.05, 4.69) is 22.4 Å². The zero-order valence-electron chi connectivity index (χ0n) is 3.42. The van der Waals surface area contributed by atoms with Crippen molar-refractivity contribution in [3.8, 4) is 0 Å². The molecule has 0 aromatic rings. The lowest BCUT2D eigenvalue weighted by molar-refractivity contribution is -0.111. The average Bonchev–Trinajstić information content (AvgIpc) is 1.91. The highest BCUT2D eigenvalue weighted by atomic mass is 32.1. The molecule has 0 bridgehead atoms. The van der Waals surface area contributed by atoms with Crippen LogP contribution in [0.2, 0.25) is 0 Å². The first kappa shape index (κ1) is 4.52. The van der Waals surface area contributed by atoms with Gasteiger partial charge in [-0.1, -0.05) is 12.2 Å². The minimum Gasteiger partial charge on any atom is -0.264 e. The van der Waals surface area contributed by atoms with Crippen LogP contribution in [0.15, 0.2) is 10.2 Å². The quantitative estimate of drug-likeness (QED) is 0.426. The minimum absolute atomic E-state index is 0.314. The Morgan fingerprint density at radius 1 is 1.71 bits per heavy atom. The van der Waals surface area contributed by atoms with Crippen molar-refractivity contribution in [3.63, 3.8) is 0 Å². The second-order valence-corrected chi connectivity index (χ2v) is 1.62. The van der Waals surface area contributed by atoms with Gasteiger partial charge in [0.15, 0.2) is 0 Å². The summed E-state index contributed by atoms with van der Waals surface area (Å²) in [6.07, 6.45) is 0. The Balaban J connectivity index is 2.81. The Bertz CT molecular complexity index is 151. The monoisotopic (exact) mass is 114 g/mol. The van der Waals surface area contributed by atoms with Crippen LogP contribution in [0.5, 0.6) is 0 Å². The summed E-state index contributed by atoms with van der Waals surface area (Å²) in [4.78, 5) is 10.5. The zero-order chi connectivity index (χ0) is 5.28. The van der Waals surface area contributed by atoms with Crippen molar-refractivity contribution in [2.75, 3.05) is 6.54 Å². The summed E-state index contributed by atoms with van der Waals surface area (Å²) in [7, 11) is 0. The van der Waals surface area contributed by atoms with Crippen molar-refractivity contribution in [1.29, 1.82) is 0 Å². The lowest BCUT2D eigenvalue weighted by Gasteiger charge is -1.72. The molecule has 0 radical (unpaired) electrons. The maximum Gasteiger partial charge on any atom is 0.303 e. The maximum atomic E-state index is 10.2. The molecule has 0 fully saturated rings. The van der Waals surface area contributed by atoms with Gasteiger partial charge >= 0.3 is 5.91 Å². The molecule has 0 aromatic carbocycles. The third kappa shape index (κ3) is 0.691. The molecular weight excluding hydrogens is 112 g/mol. The first-order valence-corrected chi connectivity index (χ1v) is 2.16. The molecule has 1 heterocycles. The van der Waals surface area contributed by atoms with E-state index in [9.17, 15) is 4.79 Å². The van der Waals surface area contributed by atoms with Gasteiger partial charge < -0.3 is 0 Å². The van der Waals surface area contributed by atoms with Gasteiger partial charge in [-0.25, -0.2) is 0 Å². The van der Waals surface area contributed by atoms with Gasteiger partial charge in [-0.3, -0.25) is 4.79 Å². The van der Waals surface area contributed by atoms with E-state index >= 15 is 0 Å². The predicted octanol–water partition coefficient (Wildman–Crippen LogP) is 0.349. The largest absolute Gasteiger partial charge is 0.303 e. The molecule has 3 nitrogen and oxygen atoms in total. The molecule has 1 aliphatic heterocycles. The minimum atomic E-state index is -0.352. The van der Waals surface area contributed by atoms with Gasteiger partial charge in [0.05, 0.1) is 0 Å². The van der Waals surface area contributed by atoms with Crippen LogP contribution in [0.1, 0.15) is 0 Å². The topological polar surface area (TPSA) is 41.8 Å². The predicted molar refractivity (Wildman–Crippen MR) is 27.3 cm³/mol. The standard InChI is InChI=1S/C3H2N2OS/c6-3-2(7)1-4-5-3/h1H2. The van der Waals surface area contributed by atoms with Gasteiger partial charge in [0.2, 0.25) is 0 Å². The molecular formula is C3H2N2OS. The summed E-state index contributed by atoms with van der Waals surface area (Å²) >= 11 is 4.50. The molecule has 0 saturated carbocycles. The van der Waals surface area contributed by atoms with Crippen LogP contribution >= 0.6 is 12.2 Å². The molecule has 1 rings (SSSR count). The van der Waals surface area contributed by atoms with E-state index in [0.717, 1.165) is 0 Å². The molecule has 7 heavy (non-hydrogen) atoms. The number of hydrogen-bond acceptors (Lipinski definition) is 3. The summed E-state index contributed by atoms with van der Waals surface area (Å²) in [6, 6.07) is 0. The van der Waals surface area contributed by atoms with Crippen molar-refractivity contribution in [2.24, 2.45) is 10.2 Å². The number of hydrogen-bond donors (Lipinski definition) is 0. The number of azo groups is 1. The third-order valence-corrected chi connectivity index (χ3v) is 0.918. The molecule has 0 unspecified atom stereocenters. The molecule has 0 saturated heterocycles. The molecule has 4 heteroatoms. The molecule has 36 valence electrons. The fraction of sp³-hybridized carbons (Fsp3) is 0.333. The second kappa shape index (κ2) is 1.46. The highest BCUT2D eigenvalue weighted by Crippen LogP contribution is 1.94. The van der Waals surface area contributed by atoms with Crippen LogP contribution < -0.4 is 0 Å². The van der Waals surface area contributed by atoms with Crippen LogP contribution in [0, 0.1) is 0 Å². The van der Waals surface area contributed by atoms with E-state index in [0.29, 0.717) is 11.4 Å². The summed E-state index contributed by atoms with van der Waals surface area (Å²) in [5.41, 5.74) is 0. The molecule has 0 spiro atoms. The SMILES string of the molecule is O=C1N=NCC1=S. The van der Waals surface area contributed by atoms with E-state index in [4.69, 9.17) is 0 Å². The fourth-order valence-corrected chi connectivity index (χ4v) is 0.386. The number of carbonyl (C=O) groups is 1. The Morgan fingerprint density at radius 3 is 2.57 bits per heavy atom. The molecule has 1 aliphatic rings. The molecule has 1 amide bonds. The van der Waals surface area contributed by atoms with Gasteiger partial charge in [0, 0.05) is 0 Å². The highest BCUT2D eigenvalue weighted by Gasteiger charge is 2.11. The second-order valence-electron chi connectivity index (χ2n) is 1.13. The molecule has 0 aromatic heterocycles. The lowest BCUT2D eigenvalue weighted by atomic mass is 10.4. The number of amides is 1. The van der Waals surface area contributed by atoms with E-state index in [-0.39, 0.29) is 5.91 Å². The fourth-order valence-electron chi connectivity index (χ4n) is 0.287. The van der Waals surface area contributed by atoms with Crippen LogP contribution in [-0.4, -0.2) is 17.3 Å². The van der Waals surface area contributed by atoms with Crippen molar-refractivity contribution in [1.82, 2.24) is 0 Å². The summed E-state index contributed by atoms with van der Waals surface area (Å²) in [5.74, 6) is -0.352. The molecule has 0 atom stereocenters. The van der Waals surface area contributed by atoms with Gasteiger partial charge in [-0.15, -0.1) is 5.11 Å². The molecule has 0 aliphatic carbocycles. The number of thiocarbonyl (C=S) groups is 1. The Labute approximate surface area is 45.4 Å². The average molecular weight is 114 g/mol. The smallest absolute Gasteiger partial charge is 0.264 e. The number of carbonyl (C=O) groups excluding carboxylic acids is 1. The summed E-state index contributed by atoms with van der Waals surface area (Å²) in [6.45, 7) is 0.314. The first-order chi connectivity index (χ1) is 3.30. The van der Waals surface area contributed by atoms with Crippen LogP contribution in [0.3, 0.4) is 0 Å². The van der Waals surface area contributed by atoms with Gasteiger partial charge in [0.25, 0.3) is 0 Å². The zero-order valence-corrected chi connectivity index (χ0v) is 4.23.